The lowest BCUT2D eigenvalue weighted by Crippen LogP contribution is -2.26. The Morgan fingerprint density at radius 3 is 2.54 bits per heavy atom. The third-order valence-corrected chi connectivity index (χ3v) is 4.40. The quantitative estimate of drug-likeness (QED) is 0.629. The number of carbonyl (C=O) groups is 2. The van der Waals surface area contributed by atoms with Crippen molar-refractivity contribution in [3.63, 3.8) is 0 Å². The second-order valence-electron chi connectivity index (χ2n) is 6.33. The number of amides is 2. The fourth-order valence-corrected chi connectivity index (χ4v) is 2.95. The zero-order valence-electron chi connectivity index (χ0n) is 16.1. The van der Waals surface area contributed by atoms with Gasteiger partial charge in [0.05, 0.1) is 18.1 Å². The van der Waals surface area contributed by atoms with Crippen LogP contribution in [0.25, 0.3) is 11.0 Å². The Kier molecular flexibility index (Phi) is 6.26. The summed E-state index contributed by atoms with van der Waals surface area (Å²) in [4.78, 5) is 28.7. The average molecular weight is 380 g/mol. The summed E-state index contributed by atoms with van der Waals surface area (Å²) in [7, 11) is 1.60. The number of fused-ring (bicyclic) bond motifs is 1. The Morgan fingerprint density at radius 1 is 1.07 bits per heavy atom. The zero-order valence-corrected chi connectivity index (χ0v) is 16.1. The van der Waals surface area contributed by atoms with Crippen LogP contribution in [0.4, 0.5) is 5.69 Å². The van der Waals surface area contributed by atoms with Crippen molar-refractivity contribution in [3.8, 4) is 5.75 Å². The maximum atomic E-state index is 12.6. The number of carbonyl (C=O) groups excluding carboxylic acids is 2. The van der Waals surface area contributed by atoms with E-state index in [9.17, 15) is 9.59 Å². The average Bonchev–Trinajstić information content (AvgIpc) is 3.05. The SMILES string of the molecule is CCC(=O)NCCc1nc2ccccc2n1CC(=O)Nc1ccc(OC)cc1. The van der Waals surface area contributed by atoms with E-state index < -0.39 is 0 Å². The van der Waals surface area contributed by atoms with Crippen molar-refractivity contribution in [2.45, 2.75) is 26.3 Å². The van der Waals surface area contributed by atoms with E-state index in [1.165, 1.54) is 0 Å². The minimum absolute atomic E-state index is 0.0000834. The van der Waals surface area contributed by atoms with Crippen LogP contribution >= 0.6 is 0 Å². The van der Waals surface area contributed by atoms with E-state index >= 15 is 0 Å². The largest absolute Gasteiger partial charge is 0.497 e. The number of rotatable bonds is 8. The molecule has 0 bridgehead atoms. The highest BCUT2D eigenvalue weighted by Gasteiger charge is 2.14. The monoisotopic (exact) mass is 380 g/mol. The fraction of sp³-hybridized carbons (Fsp3) is 0.286. The first-order valence-corrected chi connectivity index (χ1v) is 9.25. The number of methoxy groups -OCH3 is 1. The molecule has 0 spiro atoms. The number of para-hydroxylation sites is 2. The Labute approximate surface area is 163 Å². The van der Waals surface area contributed by atoms with Gasteiger partial charge in [-0.05, 0) is 36.4 Å². The van der Waals surface area contributed by atoms with Crippen LogP contribution < -0.4 is 15.4 Å². The lowest BCUT2D eigenvalue weighted by atomic mass is 10.3. The molecule has 0 aliphatic heterocycles. The van der Waals surface area contributed by atoms with Gasteiger partial charge in [0.25, 0.3) is 0 Å². The summed E-state index contributed by atoms with van der Waals surface area (Å²) >= 11 is 0. The number of hydrogen-bond acceptors (Lipinski definition) is 4. The molecule has 3 rings (SSSR count). The highest BCUT2D eigenvalue weighted by atomic mass is 16.5. The van der Waals surface area contributed by atoms with Crippen LogP contribution in [0.5, 0.6) is 5.75 Å². The normalized spacial score (nSPS) is 10.6. The summed E-state index contributed by atoms with van der Waals surface area (Å²) < 4.78 is 7.03. The van der Waals surface area contributed by atoms with Crippen LogP contribution in [0.2, 0.25) is 0 Å². The van der Waals surface area contributed by atoms with Gasteiger partial charge in [0.15, 0.2) is 0 Å². The molecule has 0 saturated heterocycles. The standard InChI is InChI=1S/C21H24N4O3/c1-3-20(26)22-13-12-19-24-17-6-4-5-7-18(17)25(19)14-21(27)23-15-8-10-16(28-2)11-9-15/h4-11H,3,12-14H2,1-2H3,(H,22,26)(H,23,27). The van der Waals surface area contributed by atoms with E-state index in [0.29, 0.717) is 25.1 Å². The molecule has 0 unspecified atom stereocenters. The topological polar surface area (TPSA) is 85.2 Å². The molecule has 0 atom stereocenters. The van der Waals surface area contributed by atoms with Crippen molar-refractivity contribution < 1.29 is 14.3 Å². The van der Waals surface area contributed by atoms with Gasteiger partial charge in [-0.2, -0.15) is 0 Å². The van der Waals surface area contributed by atoms with Crippen molar-refractivity contribution >= 4 is 28.5 Å². The number of nitrogens with zero attached hydrogens (tertiary/aromatic N) is 2. The fourth-order valence-electron chi connectivity index (χ4n) is 2.95. The third-order valence-electron chi connectivity index (χ3n) is 4.40. The third kappa shape index (κ3) is 4.68. The van der Waals surface area contributed by atoms with Crippen molar-refractivity contribution in [2.24, 2.45) is 0 Å². The maximum absolute atomic E-state index is 12.6. The van der Waals surface area contributed by atoms with E-state index in [1.807, 2.05) is 35.8 Å². The number of benzene rings is 2. The van der Waals surface area contributed by atoms with E-state index in [0.717, 1.165) is 22.6 Å². The van der Waals surface area contributed by atoms with Crippen LogP contribution in [-0.2, 0) is 22.6 Å². The second-order valence-corrected chi connectivity index (χ2v) is 6.33. The summed E-state index contributed by atoms with van der Waals surface area (Å²) in [5, 5.41) is 5.75. The van der Waals surface area contributed by atoms with E-state index in [2.05, 4.69) is 15.6 Å². The molecule has 0 fully saturated rings. The molecule has 7 heteroatoms. The van der Waals surface area contributed by atoms with Crippen LogP contribution in [0.1, 0.15) is 19.2 Å². The van der Waals surface area contributed by atoms with E-state index in [1.54, 1.807) is 31.4 Å². The molecule has 2 aromatic carbocycles. The molecule has 0 aliphatic rings. The first kappa shape index (κ1) is 19.4. The van der Waals surface area contributed by atoms with Gasteiger partial charge in [0, 0.05) is 25.1 Å². The molecule has 1 aromatic heterocycles. The predicted molar refractivity (Wildman–Crippen MR) is 108 cm³/mol. The van der Waals surface area contributed by atoms with Gasteiger partial charge in [-0.25, -0.2) is 4.98 Å². The number of imidazole rings is 1. The smallest absolute Gasteiger partial charge is 0.244 e. The van der Waals surface area contributed by atoms with Crippen molar-refractivity contribution in [1.29, 1.82) is 0 Å². The first-order valence-electron chi connectivity index (χ1n) is 9.25. The van der Waals surface area contributed by atoms with Crippen molar-refractivity contribution in [2.75, 3.05) is 19.0 Å². The molecule has 3 aromatic rings. The lowest BCUT2D eigenvalue weighted by molar-refractivity contribution is -0.120. The lowest BCUT2D eigenvalue weighted by Gasteiger charge is -2.11. The Bertz CT molecular complexity index is 963. The van der Waals surface area contributed by atoms with Gasteiger partial charge in [-0.1, -0.05) is 19.1 Å². The van der Waals surface area contributed by atoms with Gasteiger partial charge in [-0.3, -0.25) is 9.59 Å². The van der Waals surface area contributed by atoms with Gasteiger partial charge in [-0.15, -0.1) is 0 Å². The predicted octanol–water partition coefficient (Wildman–Crippen LogP) is 2.75. The summed E-state index contributed by atoms with van der Waals surface area (Å²) in [6.07, 6.45) is 0.997. The second kappa shape index (κ2) is 9.03. The van der Waals surface area contributed by atoms with Crippen molar-refractivity contribution in [1.82, 2.24) is 14.9 Å². The summed E-state index contributed by atoms with van der Waals surface area (Å²) in [6.45, 7) is 2.44. The van der Waals surface area contributed by atoms with E-state index in [4.69, 9.17) is 4.74 Å². The molecule has 146 valence electrons. The molecule has 2 N–H and O–H groups in total. The first-order chi connectivity index (χ1) is 13.6. The van der Waals surface area contributed by atoms with Gasteiger partial charge in [0.1, 0.15) is 18.1 Å². The van der Waals surface area contributed by atoms with Crippen LogP contribution in [0.3, 0.4) is 0 Å². The molecule has 0 radical (unpaired) electrons. The van der Waals surface area contributed by atoms with Gasteiger partial charge >= 0.3 is 0 Å². The maximum Gasteiger partial charge on any atom is 0.244 e. The highest BCUT2D eigenvalue weighted by Crippen LogP contribution is 2.18. The molecule has 28 heavy (non-hydrogen) atoms. The Hall–Kier alpha value is -3.35. The zero-order chi connectivity index (χ0) is 19.9. The van der Waals surface area contributed by atoms with Crippen LogP contribution in [-0.4, -0.2) is 35.0 Å². The number of aromatic nitrogens is 2. The van der Waals surface area contributed by atoms with Crippen molar-refractivity contribution in [3.05, 3.63) is 54.4 Å². The van der Waals surface area contributed by atoms with Gasteiger partial charge < -0.3 is 19.9 Å². The van der Waals surface area contributed by atoms with Crippen LogP contribution in [0, 0.1) is 0 Å². The van der Waals surface area contributed by atoms with Crippen LogP contribution in [0.15, 0.2) is 48.5 Å². The Morgan fingerprint density at radius 2 is 1.82 bits per heavy atom. The summed E-state index contributed by atoms with van der Waals surface area (Å²) in [6, 6.07) is 14.9. The Balaban J connectivity index is 1.75. The number of anilines is 1. The van der Waals surface area contributed by atoms with Gasteiger partial charge in [0.2, 0.25) is 11.8 Å². The molecule has 1 heterocycles. The molecule has 7 nitrogen and oxygen atoms in total. The summed E-state index contributed by atoms with van der Waals surface area (Å²) in [5.74, 6) is 1.35. The minimum Gasteiger partial charge on any atom is -0.497 e. The van der Waals surface area contributed by atoms with E-state index in [-0.39, 0.29) is 18.4 Å². The molecular formula is C21H24N4O3. The number of ether oxygens (including phenoxy) is 1. The molecule has 0 aliphatic carbocycles. The molecule has 2 amide bonds. The minimum atomic E-state index is -0.146. The highest BCUT2D eigenvalue weighted by molar-refractivity contribution is 5.91. The summed E-state index contributed by atoms with van der Waals surface area (Å²) in [5.41, 5.74) is 2.42. The molecule has 0 saturated carbocycles. The number of nitrogens with one attached hydrogen (secondary N) is 2. The molecular weight excluding hydrogens is 356 g/mol. The number of hydrogen-bond donors (Lipinski definition) is 2.